The summed E-state index contributed by atoms with van der Waals surface area (Å²) in [6.45, 7) is 2.01. The number of sulfonamides is 1. The molecule has 2 fully saturated rings. The third-order valence-electron chi connectivity index (χ3n) is 8.87. The molecule has 1 aromatic carbocycles. The molecule has 14 heteroatoms. The molecule has 1 amide bonds. The number of aromatic nitrogens is 1. The van der Waals surface area contributed by atoms with Crippen LogP contribution in [0.15, 0.2) is 36.4 Å². The summed E-state index contributed by atoms with van der Waals surface area (Å²) in [5, 5.41) is 0. The van der Waals surface area contributed by atoms with Crippen LogP contribution in [0.25, 0.3) is 0 Å². The summed E-state index contributed by atoms with van der Waals surface area (Å²) in [6, 6.07) is 7.62. The lowest BCUT2D eigenvalue weighted by Crippen LogP contribution is -2.52. The number of benzene rings is 1. The Morgan fingerprint density at radius 2 is 1.76 bits per heavy atom. The van der Waals surface area contributed by atoms with E-state index in [1.54, 1.807) is 24.1 Å². The van der Waals surface area contributed by atoms with E-state index >= 15 is 0 Å². The number of hydrogen-bond acceptors (Lipinski definition) is 8. The highest BCUT2D eigenvalue weighted by Gasteiger charge is 2.48. The van der Waals surface area contributed by atoms with E-state index in [2.05, 4.69) is 4.98 Å². The van der Waals surface area contributed by atoms with Crippen LogP contribution >= 0.6 is 0 Å². The monoisotopic (exact) mass is 655 g/mol. The molecule has 4 heterocycles. The van der Waals surface area contributed by atoms with Crippen LogP contribution in [-0.4, -0.2) is 86.1 Å². The van der Waals surface area contributed by atoms with Crippen molar-refractivity contribution in [3.8, 4) is 11.6 Å². The zero-order chi connectivity index (χ0) is 32.4. The molecule has 10 nitrogen and oxygen atoms in total. The molecule has 0 spiro atoms. The first-order valence-corrected chi connectivity index (χ1v) is 17.1. The van der Waals surface area contributed by atoms with Crippen molar-refractivity contribution in [2.75, 3.05) is 33.2 Å². The summed E-state index contributed by atoms with van der Waals surface area (Å²) in [6.07, 6.45) is -1.27. The highest BCUT2D eigenvalue weighted by molar-refractivity contribution is 7.88. The van der Waals surface area contributed by atoms with Crippen molar-refractivity contribution in [2.24, 2.45) is 0 Å². The van der Waals surface area contributed by atoms with Crippen molar-refractivity contribution in [2.45, 2.75) is 88.3 Å². The molecule has 0 unspecified atom stereocenters. The van der Waals surface area contributed by atoms with Gasteiger partial charge in [0.05, 0.1) is 50.9 Å². The lowest BCUT2D eigenvalue weighted by atomic mass is 9.84. The Labute approximate surface area is 261 Å². The van der Waals surface area contributed by atoms with Gasteiger partial charge in [-0.05, 0) is 62.8 Å². The number of hydrogen-bond donors (Lipinski definition) is 0. The van der Waals surface area contributed by atoms with Gasteiger partial charge in [-0.25, -0.2) is 18.2 Å². The molecule has 1 saturated heterocycles. The number of nitrogens with zero attached hydrogens (tertiary/aromatic N) is 3. The lowest BCUT2D eigenvalue weighted by molar-refractivity contribution is -0.137. The minimum atomic E-state index is -4.54. The molecular formula is C31H40F3N3O7S. The number of alkyl halides is 3. The molecule has 45 heavy (non-hydrogen) atoms. The predicted octanol–water partition coefficient (Wildman–Crippen LogP) is 5.36. The number of ether oxygens (including phenoxy) is 4. The van der Waals surface area contributed by atoms with Crippen LogP contribution in [0.4, 0.5) is 18.0 Å². The summed E-state index contributed by atoms with van der Waals surface area (Å²) >= 11 is 0. The van der Waals surface area contributed by atoms with E-state index in [-0.39, 0.29) is 56.7 Å². The first-order chi connectivity index (χ1) is 21.3. The molecule has 2 aromatic rings. The molecule has 3 atom stereocenters. The topological polar surface area (TPSA) is 108 Å². The quantitative estimate of drug-likeness (QED) is 0.424. The van der Waals surface area contributed by atoms with Crippen LogP contribution in [0, 0.1) is 0 Å². The van der Waals surface area contributed by atoms with Crippen molar-refractivity contribution in [1.29, 1.82) is 0 Å². The molecule has 1 aromatic heterocycles. The third kappa shape index (κ3) is 8.01. The summed E-state index contributed by atoms with van der Waals surface area (Å²) < 4.78 is 91.6. The number of pyridine rings is 1. The van der Waals surface area contributed by atoms with E-state index in [9.17, 15) is 26.4 Å². The van der Waals surface area contributed by atoms with Crippen molar-refractivity contribution in [1.82, 2.24) is 14.2 Å². The number of methoxy groups -OCH3 is 1. The van der Waals surface area contributed by atoms with Crippen LogP contribution < -0.4 is 9.47 Å². The molecule has 4 aliphatic rings. The van der Waals surface area contributed by atoms with E-state index in [1.165, 1.54) is 4.31 Å². The number of carbonyl (C=O) groups excluding carboxylic acids is 1. The van der Waals surface area contributed by atoms with Gasteiger partial charge in [0.25, 0.3) is 0 Å². The van der Waals surface area contributed by atoms with Gasteiger partial charge in [0.2, 0.25) is 15.9 Å². The SMILES string of the molecule is COc1ccc(CN([C@H]2C[C@@H](C)N3C(=O)OCCCOc4cc(C(F)(F)F)cc(n4)C4CCC(CC4)OC[C@@H]23)S(C)(=O)=O)cc1. The Morgan fingerprint density at radius 3 is 2.40 bits per heavy atom. The molecule has 0 radical (unpaired) electrons. The summed E-state index contributed by atoms with van der Waals surface area (Å²) in [4.78, 5) is 19.4. The van der Waals surface area contributed by atoms with Gasteiger partial charge >= 0.3 is 12.3 Å². The number of rotatable bonds is 5. The minimum Gasteiger partial charge on any atom is -0.497 e. The first-order valence-electron chi connectivity index (χ1n) is 15.2. The van der Waals surface area contributed by atoms with Crippen LogP contribution in [0.1, 0.15) is 68.2 Å². The van der Waals surface area contributed by atoms with E-state index in [1.807, 2.05) is 19.1 Å². The Balaban J connectivity index is 1.39. The summed E-state index contributed by atoms with van der Waals surface area (Å²) in [5.41, 5.74) is 0.299. The Morgan fingerprint density at radius 1 is 1.07 bits per heavy atom. The second kappa shape index (κ2) is 13.7. The van der Waals surface area contributed by atoms with Crippen molar-refractivity contribution in [3.05, 3.63) is 53.2 Å². The predicted molar refractivity (Wildman–Crippen MR) is 159 cm³/mol. The molecule has 1 saturated carbocycles. The Bertz CT molecular complexity index is 1430. The van der Waals surface area contributed by atoms with Gasteiger partial charge in [0.15, 0.2) is 0 Å². The highest BCUT2D eigenvalue weighted by Crippen LogP contribution is 2.39. The zero-order valence-corrected chi connectivity index (χ0v) is 26.5. The van der Waals surface area contributed by atoms with Crippen LogP contribution in [0.2, 0.25) is 0 Å². The Hall–Kier alpha value is -3.10. The van der Waals surface area contributed by atoms with Gasteiger partial charge in [0.1, 0.15) is 5.75 Å². The number of amides is 1. The van der Waals surface area contributed by atoms with E-state index < -0.39 is 39.9 Å². The second-order valence-electron chi connectivity index (χ2n) is 12.0. The van der Waals surface area contributed by atoms with Gasteiger partial charge in [-0.2, -0.15) is 17.5 Å². The van der Waals surface area contributed by atoms with E-state index in [4.69, 9.17) is 18.9 Å². The summed E-state index contributed by atoms with van der Waals surface area (Å²) in [7, 11) is -2.16. The number of carbonyl (C=O) groups is 1. The fourth-order valence-electron chi connectivity index (χ4n) is 6.54. The smallest absolute Gasteiger partial charge is 0.416 e. The number of fused-ring (bicyclic) bond motifs is 8. The Kier molecular flexibility index (Phi) is 10.1. The normalized spacial score (nSPS) is 26.6. The van der Waals surface area contributed by atoms with E-state index in [0.717, 1.165) is 24.0 Å². The van der Waals surface area contributed by atoms with Gasteiger partial charge in [-0.3, -0.25) is 4.90 Å². The van der Waals surface area contributed by atoms with Crippen molar-refractivity contribution in [3.63, 3.8) is 0 Å². The maximum atomic E-state index is 13.7. The molecule has 3 aliphatic heterocycles. The molecule has 0 N–H and O–H groups in total. The van der Waals surface area contributed by atoms with E-state index in [0.29, 0.717) is 43.5 Å². The minimum absolute atomic E-state index is 0.00219. The maximum absolute atomic E-state index is 13.7. The average Bonchev–Trinajstić information content (AvgIpc) is 3.32. The van der Waals surface area contributed by atoms with Crippen molar-refractivity contribution >= 4 is 16.1 Å². The molecule has 1 aliphatic carbocycles. The maximum Gasteiger partial charge on any atom is 0.416 e. The third-order valence-corrected chi connectivity index (χ3v) is 10.1. The molecular weight excluding hydrogens is 615 g/mol. The van der Waals surface area contributed by atoms with Crippen LogP contribution in [0.5, 0.6) is 11.6 Å². The first kappa shape index (κ1) is 33.3. The number of halogens is 3. The van der Waals surface area contributed by atoms with Crippen LogP contribution in [0.3, 0.4) is 0 Å². The van der Waals surface area contributed by atoms with Gasteiger partial charge in [0, 0.05) is 42.7 Å². The average molecular weight is 656 g/mol. The van der Waals surface area contributed by atoms with Gasteiger partial charge in [-0.15, -0.1) is 0 Å². The highest BCUT2D eigenvalue weighted by atomic mass is 32.2. The lowest BCUT2D eigenvalue weighted by Gasteiger charge is -2.36. The molecule has 4 bridgehead atoms. The fraction of sp³-hybridized carbons (Fsp3) is 0.613. The summed E-state index contributed by atoms with van der Waals surface area (Å²) in [5.74, 6) is 0.359. The second-order valence-corrected chi connectivity index (χ2v) is 14.0. The van der Waals surface area contributed by atoms with Crippen LogP contribution in [-0.2, 0) is 32.2 Å². The van der Waals surface area contributed by atoms with Gasteiger partial charge < -0.3 is 18.9 Å². The molecule has 6 rings (SSSR count). The standard InChI is InChI=1S/C31H40F3N3O7S/c1-20-15-27(36(45(3,39)40)18-21-5-9-24(41-2)10-6-21)28-19-44-25-11-7-22(8-12-25)26-16-23(31(32,33)34)17-29(35-26)42-13-4-14-43-30(38)37(20)28/h5-6,9-10,16-17,20,22,25,27-28H,4,7-8,11-15,18-19H2,1-3H3/t20-,22?,25?,27+,28+/m1/s1. The zero-order valence-electron chi connectivity index (χ0n) is 25.7. The largest absolute Gasteiger partial charge is 0.497 e. The van der Waals surface area contributed by atoms with Crippen molar-refractivity contribution < 1.29 is 45.3 Å². The van der Waals surface area contributed by atoms with Gasteiger partial charge in [-0.1, -0.05) is 12.1 Å². The fourth-order valence-corrected chi connectivity index (χ4v) is 7.64. The molecule has 248 valence electrons.